The number of methoxy groups -OCH3 is 1. The average Bonchev–Trinajstić information content (AvgIpc) is 2.46. The Morgan fingerprint density at radius 3 is 2.60 bits per heavy atom. The van der Waals surface area contributed by atoms with Crippen molar-refractivity contribution in [2.24, 2.45) is 0 Å². The van der Waals surface area contributed by atoms with Crippen molar-refractivity contribution in [3.8, 4) is 5.75 Å². The number of hydrogen-bond acceptors (Lipinski definition) is 4. The minimum Gasteiger partial charge on any atom is -0.497 e. The van der Waals surface area contributed by atoms with E-state index in [-0.39, 0.29) is 10.7 Å². The van der Waals surface area contributed by atoms with E-state index in [2.05, 4.69) is 10.3 Å². The summed E-state index contributed by atoms with van der Waals surface area (Å²) in [6.45, 7) is 0.525. The summed E-state index contributed by atoms with van der Waals surface area (Å²) >= 11 is 5.76. The van der Waals surface area contributed by atoms with Gasteiger partial charge in [-0.2, -0.15) is 0 Å². The summed E-state index contributed by atoms with van der Waals surface area (Å²) in [6.07, 6.45) is 0. The van der Waals surface area contributed by atoms with E-state index in [1.807, 2.05) is 24.3 Å². The van der Waals surface area contributed by atoms with Crippen LogP contribution in [0.3, 0.4) is 0 Å². The number of rotatable bonds is 5. The standard InChI is InChI=1S/C14H13ClN2O3/c1-20-10-4-2-9(3-5-10)8-16-12-7-6-11(15)13(17-12)14(18)19/h2-7H,8H2,1H3,(H,16,17)(H,18,19). The molecule has 0 saturated heterocycles. The van der Waals surface area contributed by atoms with Crippen LogP contribution in [-0.4, -0.2) is 23.2 Å². The number of benzene rings is 1. The van der Waals surface area contributed by atoms with Crippen LogP contribution in [0, 0.1) is 0 Å². The first-order chi connectivity index (χ1) is 9.60. The highest BCUT2D eigenvalue weighted by atomic mass is 35.5. The SMILES string of the molecule is COc1ccc(CNc2ccc(Cl)c(C(=O)O)n2)cc1. The summed E-state index contributed by atoms with van der Waals surface area (Å²) in [5.41, 5.74) is 0.867. The Morgan fingerprint density at radius 1 is 1.30 bits per heavy atom. The molecule has 104 valence electrons. The van der Waals surface area contributed by atoms with Gasteiger partial charge in [-0.1, -0.05) is 23.7 Å². The fraction of sp³-hybridized carbons (Fsp3) is 0.143. The van der Waals surface area contributed by atoms with E-state index in [1.165, 1.54) is 6.07 Å². The van der Waals surface area contributed by atoms with Gasteiger partial charge in [0.15, 0.2) is 5.69 Å². The molecule has 6 heteroatoms. The second kappa shape index (κ2) is 6.25. The van der Waals surface area contributed by atoms with Crippen LogP contribution < -0.4 is 10.1 Å². The van der Waals surface area contributed by atoms with Crippen LogP contribution in [0.1, 0.15) is 16.1 Å². The molecule has 2 rings (SSSR count). The summed E-state index contributed by atoms with van der Waals surface area (Å²) in [5, 5.41) is 12.1. The molecule has 5 nitrogen and oxygen atoms in total. The van der Waals surface area contributed by atoms with Crippen LogP contribution in [0.25, 0.3) is 0 Å². The second-order valence-electron chi connectivity index (χ2n) is 4.03. The lowest BCUT2D eigenvalue weighted by Crippen LogP contribution is -2.06. The summed E-state index contributed by atoms with van der Waals surface area (Å²) in [6, 6.07) is 10.7. The van der Waals surface area contributed by atoms with Gasteiger partial charge < -0.3 is 15.2 Å². The van der Waals surface area contributed by atoms with E-state index in [0.717, 1.165) is 11.3 Å². The van der Waals surface area contributed by atoms with E-state index >= 15 is 0 Å². The van der Waals surface area contributed by atoms with Gasteiger partial charge in [-0.15, -0.1) is 0 Å². The molecule has 0 aliphatic rings. The van der Waals surface area contributed by atoms with E-state index in [4.69, 9.17) is 21.4 Å². The molecule has 1 aromatic carbocycles. The zero-order valence-electron chi connectivity index (χ0n) is 10.8. The van der Waals surface area contributed by atoms with Crippen molar-refractivity contribution in [3.05, 3.63) is 52.7 Å². The molecule has 0 aliphatic carbocycles. The fourth-order valence-corrected chi connectivity index (χ4v) is 1.81. The van der Waals surface area contributed by atoms with E-state index in [0.29, 0.717) is 12.4 Å². The molecule has 0 radical (unpaired) electrons. The fourth-order valence-electron chi connectivity index (χ4n) is 1.63. The van der Waals surface area contributed by atoms with Crippen LogP contribution in [0.15, 0.2) is 36.4 Å². The number of pyridine rings is 1. The Bertz CT molecular complexity index is 614. The Morgan fingerprint density at radius 2 is 2.00 bits per heavy atom. The predicted molar refractivity (Wildman–Crippen MR) is 76.5 cm³/mol. The number of nitrogens with one attached hydrogen (secondary N) is 1. The zero-order valence-corrected chi connectivity index (χ0v) is 11.5. The summed E-state index contributed by atoms with van der Waals surface area (Å²) in [5.74, 6) is 0.0947. The molecule has 0 aliphatic heterocycles. The molecule has 1 aromatic heterocycles. The number of aromatic carboxylic acids is 1. The molecule has 2 N–H and O–H groups in total. The van der Waals surface area contributed by atoms with Gasteiger partial charge in [-0.3, -0.25) is 0 Å². The van der Waals surface area contributed by atoms with Crippen molar-refractivity contribution >= 4 is 23.4 Å². The maximum atomic E-state index is 10.9. The minimum absolute atomic E-state index is 0.118. The Kier molecular flexibility index (Phi) is 4.42. The van der Waals surface area contributed by atoms with Gasteiger partial charge >= 0.3 is 5.97 Å². The first-order valence-electron chi connectivity index (χ1n) is 5.87. The molecular weight excluding hydrogens is 280 g/mol. The molecule has 0 spiro atoms. The topological polar surface area (TPSA) is 71.5 Å². The lowest BCUT2D eigenvalue weighted by molar-refractivity contribution is 0.0691. The highest BCUT2D eigenvalue weighted by Gasteiger charge is 2.11. The van der Waals surface area contributed by atoms with Crippen LogP contribution in [0.5, 0.6) is 5.75 Å². The number of aromatic nitrogens is 1. The molecule has 0 fully saturated rings. The number of halogens is 1. The van der Waals surface area contributed by atoms with Gasteiger partial charge in [0.2, 0.25) is 0 Å². The normalized spacial score (nSPS) is 10.1. The predicted octanol–water partition coefficient (Wildman–Crippen LogP) is 3.05. The van der Waals surface area contributed by atoms with Gasteiger partial charge in [0, 0.05) is 6.54 Å². The van der Waals surface area contributed by atoms with Gasteiger partial charge in [0.05, 0.1) is 12.1 Å². The summed E-state index contributed by atoms with van der Waals surface area (Å²) < 4.78 is 5.07. The van der Waals surface area contributed by atoms with Crippen molar-refractivity contribution in [2.45, 2.75) is 6.54 Å². The van der Waals surface area contributed by atoms with Gasteiger partial charge in [-0.25, -0.2) is 9.78 Å². The van der Waals surface area contributed by atoms with Gasteiger partial charge in [-0.05, 0) is 29.8 Å². The molecular formula is C14H13ClN2O3. The Hall–Kier alpha value is -2.27. The first kappa shape index (κ1) is 14.1. The largest absolute Gasteiger partial charge is 0.497 e. The number of carbonyl (C=O) groups is 1. The smallest absolute Gasteiger partial charge is 0.356 e. The number of carboxylic acids is 1. The van der Waals surface area contributed by atoms with Gasteiger partial charge in [0.25, 0.3) is 0 Å². The van der Waals surface area contributed by atoms with Crippen LogP contribution in [-0.2, 0) is 6.54 Å². The maximum Gasteiger partial charge on any atom is 0.356 e. The number of carboxylic acid groups (broad SMARTS) is 1. The molecule has 0 atom stereocenters. The number of hydrogen-bond donors (Lipinski definition) is 2. The molecule has 0 bridgehead atoms. The van der Waals surface area contributed by atoms with Crippen LogP contribution >= 0.6 is 11.6 Å². The summed E-state index contributed by atoms with van der Waals surface area (Å²) in [4.78, 5) is 14.9. The maximum absolute atomic E-state index is 10.9. The van der Waals surface area contributed by atoms with Crippen LogP contribution in [0.2, 0.25) is 5.02 Å². The average molecular weight is 293 g/mol. The monoisotopic (exact) mass is 292 g/mol. The summed E-state index contributed by atoms with van der Waals surface area (Å²) in [7, 11) is 1.61. The molecule has 20 heavy (non-hydrogen) atoms. The lowest BCUT2D eigenvalue weighted by atomic mass is 10.2. The van der Waals surface area contributed by atoms with Crippen molar-refractivity contribution in [1.29, 1.82) is 0 Å². The molecule has 0 unspecified atom stereocenters. The number of ether oxygens (including phenoxy) is 1. The number of nitrogens with zero attached hydrogens (tertiary/aromatic N) is 1. The first-order valence-corrected chi connectivity index (χ1v) is 6.24. The van der Waals surface area contributed by atoms with Crippen molar-refractivity contribution in [2.75, 3.05) is 12.4 Å². The van der Waals surface area contributed by atoms with Crippen molar-refractivity contribution in [1.82, 2.24) is 4.98 Å². The third kappa shape index (κ3) is 3.39. The molecule has 2 aromatic rings. The van der Waals surface area contributed by atoms with Crippen molar-refractivity contribution < 1.29 is 14.6 Å². The van der Waals surface area contributed by atoms with Crippen molar-refractivity contribution in [3.63, 3.8) is 0 Å². The molecule has 1 heterocycles. The third-order valence-corrected chi connectivity index (χ3v) is 2.99. The second-order valence-corrected chi connectivity index (χ2v) is 4.44. The Balaban J connectivity index is 2.06. The minimum atomic E-state index is -1.15. The van der Waals surface area contributed by atoms with E-state index in [9.17, 15) is 4.79 Å². The van der Waals surface area contributed by atoms with Crippen LogP contribution in [0.4, 0.5) is 5.82 Å². The van der Waals surface area contributed by atoms with E-state index < -0.39 is 5.97 Å². The quantitative estimate of drug-likeness (QED) is 0.886. The van der Waals surface area contributed by atoms with E-state index in [1.54, 1.807) is 13.2 Å². The lowest BCUT2D eigenvalue weighted by Gasteiger charge is -2.08. The highest BCUT2D eigenvalue weighted by Crippen LogP contribution is 2.17. The highest BCUT2D eigenvalue weighted by molar-refractivity contribution is 6.33. The molecule has 0 saturated carbocycles. The Labute approximate surface area is 121 Å². The molecule has 0 amide bonds. The third-order valence-electron chi connectivity index (χ3n) is 2.68. The van der Waals surface area contributed by atoms with Gasteiger partial charge in [0.1, 0.15) is 11.6 Å². The zero-order chi connectivity index (χ0) is 14.5. The number of anilines is 1.